The Hall–Kier alpha value is -1.30. The summed E-state index contributed by atoms with van der Waals surface area (Å²) < 4.78 is 0. The minimum atomic E-state index is -1.03. The molecule has 15 heavy (non-hydrogen) atoms. The minimum absolute atomic E-state index is 0.150. The lowest BCUT2D eigenvalue weighted by molar-refractivity contribution is -0.140. The maximum atomic E-state index is 11.2. The van der Waals surface area contributed by atoms with Crippen LogP contribution in [0.25, 0.3) is 0 Å². The molecule has 0 aromatic rings. The Morgan fingerprint density at radius 3 is 2.40 bits per heavy atom. The molecule has 0 saturated heterocycles. The van der Waals surface area contributed by atoms with Gasteiger partial charge in [0.25, 0.3) is 0 Å². The van der Waals surface area contributed by atoms with Gasteiger partial charge in [0, 0.05) is 6.54 Å². The molecule has 5 N–H and O–H groups in total. The standard InChI is InChI=1S/C9H19N3O3/c1-6(2)7(8(13)14)12-9(15)11-5-3-4-10/h6-7H,3-5,10H2,1-2H3,(H,13,14)(H2,11,12,15)/t7-/m0/s1. The fourth-order valence-electron chi connectivity index (χ4n) is 1.01. The van der Waals surface area contributed by atoms with E-state index in [2.05, 4.69) is 10.6 Å². The number of rotatable bonds is 6. The maximum Gasteiger partial charge on any atom is 0.326 e. The second-order valence-corrected chi connectivity index (χ2v) is 3.60. The van der Waals surface area contributed by atoms with E-state index in [1.54, 1.807) is 13.8 Å². The number of amides is 2. The third-order valence-electron chi connectivity index (χ3n) is 1.89. The smallest absolute Gasteiger partial charge is 0.326 e. The Balaban J connectivity index is 3.95. The Bertz CT molecular complexity index is 219. The highest BCUT2D eigenvalue weighted by molar-refractivity contribution is 5.82. The lowest BCUT2D eigenvalue weighted by Gasteiger charge is -2.18. The third kappa shape index (κ3) is 5.90. The van der Waals surface area contributed by atoms with Crippen LogP contribution in [0, 0.1) is 5.92 Å². The molecule has 0 bridgehead atoms. The molecule has 0 heterocycles. The number of aliphatic carboxylic acids is 1. The van der Waals surface area contributed by atoms with E-state index in [9.17, 15) is 9.59 Å². The Kier molecular flexibility index (Phi) is 6.44. The van der Waals surface area contributed by atoms with E-state index in [4.69, 9.17) is 10.8 Å². The zero-order valence-corrected chi connectivity index (χ0v) is 9.12. The van der Waals surface area contributed by atoms with Crippen molar-refractivity contribution in [2.75, 3.05) is 13.1 Å². The molecule has 1 atom stereocenters. The summed E-state index contributed by atoms with van der Waals surface area (Å²) in [5.41, 5.74) is 5.25. The SMILES string of the molecule is CC(C)[C@H](NC(=O)NCCCN)C(=O)O. The topological polar surface area (TPSA) is 104 Å². The molecule has 0 aliphatic heterocycles. The summed E-state index contributed by atoms with van der Waals surface area (Å²) in [6, 6.07) is -1.33. The van der Waals surface area contributed by atoms with E-state index in [1.165, 1.54) is 0 Å². The molecule has 0 rings (SSSR count). The van der Waals surface area contributed by atoms with Gasteiger partial charge in [0.2, 0.25) is 0 Å². The van der Waals surface area contributed by atoms with Crippen LogP contribution >= 0.6 is 0 Å². The number of carboxylic acids is 1. The number of urea groups is 1. The lowest BCUT2D eigenvalue weighted by atomic mass is 10.1. The molecule has 88 valence electrons. The molecule has 0 fully saturated rings. The largest absolute Gasteiger partial charge is 0.480 e. The first-order chi connectivity index (χ1) is 6.99. The Morgan fingerprint density at radius 1 is 1.40 bits per heavy atom. The van der Waals surface area contributed by atoms with Crippen LogP contribution in [-0.4, -0.2) is 36.2 Å². The number of carboxylic acid groups (broad SMARTS) is 1. The number of carbonyl (C=O) groups excluding carboxylic acids is 1. The van der Waals surface area contributed by atoms with Crippen molar-refractivity contribution in [2.24, 2.45) is 11.7 Å². The first-order valence-electron chi connectivity index (χ1n) is 4.96. The normalized spacial score (nSPS) is 12.3. The van der Waals surface area contributed by atoms with E-state index in [-0.39, 0.29) is 5.92 Å². The van der Waals surface area contributed by atoms with Crippen LogP contribution in [0.5, 0.6) is 0 Å². The molecule has 2 amide bonds. The third-order valence-corrected chi connectivity index (χ3v) is 1.89. The van der Waals surface area contributed by atoms with Gasteiger partial charge in [-0.15, -0.1) is 0 Å². The van der Waals surface area contributed by atoms with E-state index < -0.39 is 18.0 Å². The quantitative estimate of drug-likeness (QED) is 0.460. The van der Waals surface area contributed by atoms with E-state index in [0.29, 0.717) is 19.5 Å². The van der Waals surface area contributed by atoms with Crippen molar-refractivity contribution in [3.05, 3.63) is 0 Å². The summed E-state index contributed by atoms with van der Waals surface area (Å²) in [6.45, 7) is 4.41. The molecule has 6 heteroatoms. The average Bonchev–Trinajstić information content (AvgIpc) is 2.13. The zero-order chi connectivity index (χ0) is 11.8. The van der Waals surface area contributed by atoms with Crippen LogP contribution < -0.4 is 16.4 Å². The van der Waals surface area contributed by atoms with Gasteiger partial charge in [0.1, 0.15) is 6.04 Å². The monoisotopic (exact) mass is 217 g/mol. The van der Waals surface area contributed by atoms with Crippen molar-refractivity contribution in [2.45, 2.75) is 26.3 Å². The second kappa shape index (κ2) is 7.05. The van der Waals surface area contributed by atoms with E-state index in [0.717, 1.165) is 0 Å². The summed E-state index contributed by atoms with van der Waals surface area (Å²) in [4.78, 5) is 22.0. The first-order valence-corrected chi connectivity index (χ1v) is 4.96. The van der Waals surface area contributed by atoms with Crippen LogP contribution in [0.15, 0.2) is 0 Å². The van der Waals surface area contributed by atoms with Gasteiger partial charge in [-0.1, -0.05) is 13.8 Å². The number of hydrogen-bond acceptors (Lipinski definition) is 3. The minimum Gasteiger partial charge on any atom is -0.480 e. The van der Waals surface area contributed by atoms with Crippen LogP contribution in [-0.2, 0) is 4.79 Å². The predicted molar refractivity (Wildman–Crippen MR) is 56.5 cm³/mol. The molecule has 0 spiro atoms. The van der Waals surface area contributed by atoms with Crippen molar-refractivity contribution >= 4 is 12.0 Å². The average molecular weight is 217 g/mol. The lowest BCUT2D eigenvalue weighted by Crippen LogP contribution is -2.48. The van der Waals surface area contributed by atoms with Crippen LogP contribution in [0.1, 0.15) is 20.3 Å². The maximum absolute atomic E-state index is 11.2. The van der Waals surface area contributed by atoms with Gasteiger partial charge >= 0.3 is 12.0 Å². The van der Waals surface area contributed by atoms with Gasteiger partial charge < -0.3 is 21.5 Å². The Labute approximate surface area is 89.2 Å². The predicted octanol–water partition coefficient (Wildman–Crippen LogP) is -0.256. The molecule has 0 aliphatic rings. The summed E-state index contributed by atoms with van der Waals surface area (Å²) in [5.74, 6) is -1.18. The number of nitrogens with two attached hydrogens (primary N) is 1. The van der Waals surface area contributed by atoms with Crippen molar-refractivity contribution in [1.29, 1.82) is 0 Å². The molecular formula is C9H19N3O3. The first kappa shape index (κ1) is 13.7. The van der Waals surface area contributed by atoms with Crippen molar-refractivity contribution in [1.82, 2.24) is 10.6 Å². The second-order valence-electron chi connectivity index (χ2n) is 3.60. The van der Waals surface area contributed by atoms with Gasteiger partial charge in [-0.3, -0.25) is 0 Å². The highest BCUT2D eigenvalue weighted by Gasteiger charge is 2.22. The fourth-order valence-corrected chi connectivity index (χ4v) is 1.01. The summed E-state index contributed by atoms with van der Waals surface area (Å²) in [5, 5.41) is 13.7. The summed E-state index contributed by atoms with van der Waals surface area (Å²) in [6.07, 6.45) is 0.673. The summed E-state index contributed by atoms with van der Waals surface area (Å²) >= 11 is 0. The highest BCUT2D eigenvalue weighted by Crippen LogP contribution is 2.00. The number of carbonyl (C=O) groups is 2. The van der Waals surface area contributed by atoms with Crippen LogP contribution in [0.3, 0.4) is 0 Å². The molecular weight excluding hydrogens is 198 g/mol. The molecule has 0 saturated carbocycles. The van der Waals surface area contributed by atoms with Gasteiger partial charge in [0.15, 0.2) is 0 Å². The van der Waals surface area contributed by atoms with Crippen molar-refractivity contribution in [3.63, 3.8) is 0 Å². The van der Waals surface area contributed by atoms with Crippen LogP contribution in [0.2, 0.25) is 0 Å². The number of nitrogens with one attached hydrogen (secondary N) is 2. The zero-order valence-electron chi connectivity index (χ0n) is 9.12. The van der Waals surface area contributed by atoms with Gasteiger partial charge in [0.05, 0.1) is 0 Å². The Morgan fingerprint density at radius 2 is 2.00 bits per heavy atom. The van der Waals surface area contributed by atoms with Gasteiger partial charge in [-0.05, 0) is 18.9 Å². The molecule has 0 aromatic heterocycles. The highest BCUT2D eigenvalue weighted by atomic mass is 16.4. The molecule has 0 aromatic carbocycles. The van der Waals surface area contributed by atoms with E-state index >= 15 is 0 Å². The van der Waals surface area contributed by atoms with Gasteiger partial charge in [-0.2, -0.15) is 0 Å². The summed E-state index contributed by atoms with van der Waals surface area (Å²) in [7, 11) is 0. The molecule has 0 unspecified atom stereocenters. The molecule has 0 radical (unpaired) electrons. The molecule has 0 aliphatic carbocycles. The number of hydrogen-bond donors (Lipinski definition) is 4. The van der Waals surface area contributed by atoms with Crippen molar-refractivity contribution in [3.8, 4) is 0 Å². The molecule has 6 nitrogen and oxygen atoms in total. The van der Waals surface area contributed by atoms with Gasteiger partial charge in [-0.25, -0.2) is 9.59 Å². The van der Waals surface area contributed by atoms with Crippen LogP contribution in [0.4, 0.5) is 4.79 Å². The fraction of sp³-hybridized carbons (Fsp3) is 0.778. The van der Waals surface area contributed by atoms with E-state index in [1.807, 2.05) is 0 Å². The van der Waals surface area contributed by atoms with Crippen molar-refractivity contribution < 1.29 is 14.7 Å².